The second kappa shape index (κ2) is 11.9. The molecule has 3 aromatic rings. The number of pyridine rings is 1. The molecule has 206 valence electrons. The van der Waals surface area contributed by atoms with Crippen LogP contribution in [0.25, 0.3) is 0 Å². The van der Waals surface area contributed by atoms with Gasteiger partial charge in [0.15, 0.2) is 0 Å². The maximum Gasteiger partial charge on any atom is 0.260 e. The molecule has 2 amide bonds. The molecule has 39 heavy (non-hydrogen) atoms. The van der Waals surface area contributed by atoms with E-state index in [1.165, 1.54) is 11.8 Å². The van der Waals surface area contributed by atoms with Crippen molar-refractivity contribution in [3.63, 3.8) is 0 Å². The van der Waals surface area contributed by atoms with Crippen LogP contribution >= 0.6 is 0 Å². The molecule has 0 unspecified atom stereocenters. The molecule has 1 aliphatic rings. The summed E-state index contributed by atoms with van der Waals surface area (Å²) >= 11 is 0. The molecule has 0 saturated carbocycles. The normalized spacial score (nSPS) is 13.5. The quantitative estimate of drug-likeness (QED) is 0.325. The van der Waals surface area contributed by atoms with Crippen molar-refractivity contribution in [1.82, 2.24) is 30.1 Å². The zero-order chi connectivity index (χ0) is 28.2. The predicted molar refractivity (Wildman–Crippen MR) is 148 cm³/mol. The topological polar surface area (TPSA) is 140 Å². The third-order valence-corrected chi connectivity index (χ3v) is 6.49. The number of benzene rings is 1. The zero-order valence-electron chi connectivity index (χ0n) is 23.2. The molecule has 0 radical (unpaired) electrons. The van der Waals surface area contributed by atoms with E-state index in [9.17, 15) is 14.7 Å². The van der Waals surface area contributed by atoms with Crippen molar-refractivity contribution in [3.8, 4) is 0 Å². The summed E-state index contributed by atoms with van der Waals surface area (Å²) in [6, 6.07) is 11.5. The minimum atomic E-state index is -1.10. The Hall–Kier alpha value is -3.93. The Morgan fingerprint density at radius 3 is 2.67 bits per heavy atom. The fourth-order valence-corrected chi connectivity index (χ4v) is 4.30. The van der Waals surface area contributed by atoms with Crippen LogP contribution in [0.5, 0.6) is 0 Å². The number of nitrogens with zero attached hydrogens (tertiary/aromatic N) is 5. The van der Waals surface area contributed by atoms with E-state index in [-0.39, 0.29) is 11.8 Å². The highest BCUT2D eigenvalue weighted by atomic mass is 16.3. The molecule has 2 aromatic heterocycles. The van der Waals surface area contributed by atoms with Crippen molar-refractivity contribution in [2.45, 2.75) is 39.3 Å². The van der Waals surface area contributed by atoms with Gasteiger partial charge in [0.1, 0.15) is 11.2 Å². The van der Waals surface area contributed by atoms with Gasteiger partial charge in [0.2, 0.25) is 23.5 Å². The standard InChI is InChI=1S/C28H36N8O3/c1-6-29-26(38)21-15-30-27(34-25(21)33-23-9-7-8-22(32-23)28(2,3)39)31-20-11-10-18-12-13-36(16-19(18)14-20)17-24(37)35(4)5/h7-11,14-15,39H,6,12-13,16-17H2,1-5H3,(H,29,38)(H2,30,31,32,33,34)/p+1. The van der Waals surface area contributed by atoms with Crippen LogP contribution in [0.2, 0.25) is 0 Å². The van der Waals surface area contributed by atoms with Crippen LogP contribution in [0.1, 0.15) is 48.0 Å². The van der Waals surface area contributed by atoms with E-state index in [0.29, 0.717) is 48.5 Å². The van der Waals surface area contributed by atoms with Gasteiger partial charge in [-0.25, -0.2) is 10.3 Å². The summed E-state index contributed by atoms with van der Waals surface area (Å²) in [7, 11) is 3.54. The minimum absolute atomic E-state index is 0.0830. The van der Waals surface area contributed by atoms with Crippen LogP contribution in [0.15, 0.2) is 42.6 Å². The number of carbonyl (C=O) groups is 2. The van der Waals surface area contributed by atoms with Crippen molar-refractivity contribution in [2.75, 3.05) is 39.0 Å². The van der Waals surface area contributed by atoms with Gasteiger partial charge in [0.05, 0.1) is 18.4 Å². The summed E-state index contributed by atoms with van der Waals surface area (Å²) in [6.07, 6.45) is 2.38. The summed E-state index contributed by atoms with van der Waals surface area (Å²) in [4.78, 5) is 42.3. The monoisotopic (exact) mass is 533 g/mol. The van der Waals surface area contributed by atoms with E-state index in [0.717, 1.165) is 24.2 Å². The van der Waals surface area contributed by atoms with Crippen LogP contribution in [-0.2, 0) is 23.4 Å². The second-order valence-electron chi connectivity index (χ2n) is 10.4. The Kier molecular flexibility index (Phi) is 8.54. The molecule has 11 nitrogen and oxygen atoms in total. The second-order valence-corrected chi connectivity index (χ2v) is 10.4. The molecule has 11 heteroatoms. The van der Waals surface area contributed by atoms with Crippen molar-refractivity contribution >= 4 is 35.1 Å². The first kappa shape index (κ1) is 28.1. The van der Waals surface area contributed by atoms with E-state index in [2.05, 4.69) is 42.6 Å². The van der Waals surface area contributed by atoms with Crippen LogP contribution in [0, 0.1) is 0 Å². The van der Waals surface area contributed by atoms with Gasteiger partial charge < -0.3 is 20.6 Å². The lowest BCUT2D eigenvalue weighted by molar-refractivity contribution is -0.487. The number of amides is 2. The number of nitrogens with two attached hydrogens (primary N) is 1. The van der Waals surface area contributed by atoms with Gasteiger partial charge in [-0.05, 0) is 56.5 Å². The van der Waals surface area contributed by atoms with Crippen LogP contribution < -0.4 is 16.0 Å². The number of likely N-dealkylation sites (N-methyl/N-ethyl adjacent to an activating group) is 1. The maximum atomic E-state index is 12.7. The highest BCUT2D eigenvalue weighted by molar-refractivity contribution is 5.97. The fourth-order valence-electron chi connectivity index (χ4n) is 4.30. The van der Waals surface area contributed by atoms with Gasteiger partial charge in [-0.3, -0.25) is 14.5 Å². The molecule has 0 aliphatic carbocycles. The van der Waals surface area contributed by atoms with Crippen molar-refractivity contribution < 1.29 is 20.0 Å². The Bertz CT molecular complexity index is 1350. The van der Waals surface area contributed by atoms with E-state index in [4.69, 9.17) is 0 Å². The number of rotatable bonds is 9. The summed E-state index contributed by atoms with van der Waals surface area (Å²) in [5, 5.41) is 18.1. The highest BCUT2D eigenvalue weighted by Gasteiger charge is 2.23. The van der Waals surface area contributed by atoms with E-state index in [1.54, 1.807) is 56.4 Å². The predicted octanol–water partition coefficient (Wildman–Crippen LogP) is 1.57. The van der Waals surface area contributed by atoms with Gasteiger partial charge in [0, 0.05) is 45.5 Å². The molecule has 1 aromatic carbocycles. The molecule has 0 fully saturated rings. The van der Waals surface area contributed by atoms with Gasteiger partial charge in [-0.2, -0.15) is 9.97 Å². The van der Waals surface area contributed by atoms with Crippen molar-refractivity contribution in [3.05, 3.63) is 65.0 Å². The minimum Gasteiger partial charge on any atom is -0.384 e. The van der Waals surface area contributed by atoms with Crippen LogP contribution in [0.3, 0.4) is 0 Å². The van der Waals surface area contributed by atoms with E-state index in [1.807, 2.05) is 13.0 Å². The van der Waals surface area contributed by atoms with Gasteiger partial charge in [-0.15, -0.1) is 0 Å². The molecular weight excluding hydrogens is 496 g/mol. The Balaban J connectivity index is 1.58. The third kappa shape index (κ3) is 7.14. The fraction of sp³-hybridized carbons (Fsp3) is 0.393. The summed E-state index contributed by atoms with van der Waals surface area (Å²) < 4.78 is 0. The zero-order valence-corrected chi connectivity index (χ0v) is 23.2. The van der Waals surface area contributed by atoms with Gasteiger partial charge >= 0.3 is 0 Å². The lowest BCUT2D eigenvalue weighted by Crippen LogP contribution is -2.73. The van der Waals surface area contributed by atoms with Crippen LogP contribution in [0.4, 0.5) is 23.3 Å². The lowest BCUT2D eigenvalue weighted by atomic mass is 9.99. The maximum absolute atomic E-state index is 12.7. The number of hydrogen-bond acceptors (Lipinski definition) is 8. The number of anilines is 2. The molecule has 4 rings (SSSR count). The van der Waals surface area contributed by atoms with Crippen molar-refractivity contribution in [1.29, 1.82) is 0 Å². The average Bonchev–Trinajstić information content (AvgIpc) is 2.88. The summed E-state index contributed by atoms with van der Waals surface area (Å²) in [6.45, 7) is 7.57. The number of aromatic nitrogens is 3. The number of fused-ring (bicyclic) bond motifs is 1. The van der Waals surface area contributed by atoms with E-state index < -0.39 is 5.60 Å². The number of hydrogen-bond donors (Lipinski definition) is 4. The first-order chi connectivity index (χ1) is 18.5. The van der Waals surface area contributed by atoms with E-state index >= 15 is 0 Å². The Morgan fingerprint density at radius 1 is 1.15 bits per heavy atom. The molecular formula is C28H37N8O3+. The van der Waals surface area contributed by atoms with Gasteiger partial charge in [-0.1, -0.05) is 12.1 Å². The lowest BCUT2D eigenvalue weighted by Gasteiger charge is -2.29. The Morgan fingerprint density at radius 2 is 1.95 bits per heavy atom. The first-order valence-corrected chi connectivity index (χ1v) is 13.0. The molecule has 3 heterocycles. The smallest absolute Gasteiger partial charge is 0.260 e. The average molecular weight is 534 g/mol. The largest absolute Gasteiger partial charge is 0.384 e. The number of nitrogens with one attached hydrogen (secondary N) is 2. The third-order valence-electron chi connectivity index (χ3n) is 6.49. The molecule has 1 aliphatic heterocycles. The van der Waals surface area contributed by atoms with Crippen molar-refractivity contribution in [2.24, 2.45) is 0 Å². The SMILES string of the molecule is CCNC(=O)c1cnc(Nc2ccc3c(c2)CN(CC(=O)N(C)C)CC3)nc1[NH2+]c1cccc(C(C)(C)O)n1. The first-order valence-electron chi connectivity index (χ1n) is 13.0. The highest BCUT2D eigenvalue weighted by Crippen LogP contribution is 2.25. The number of aliphatic hydroxyl groups is 1. The van der Waals surface area contributed by atoms with Crippen LogP contribution in [-0.4, -0.2) is 75.4 Å². The molecule has 0 spiro atoms. The van der Waals surface area contributed by atoms with Gasteiger partial charge in [0.25, 0.3) is 5.91 Å². The molecule has 0 bridgehead atoms. The molecule has 5 N–H and O–H groups in total. The number of quaternary nitrogens is 1. The number of carbonyl (C=O) groups excluding carboxylic acids is 2. The summed E-state index contributed by atoms with van der Waals surface area (Å²) in [5.74, 6) is 1.11. The molecule has 0 atom stereocenters. The Labute approximate surface area is 228 Å². The molecule has 0 saturated heterocycles. The summed E-state index contributed by atoms with van der Waals surface area (Å²) in [5.41, 5.74) is 2.95.